The molecule has 1 aliphatic heterocycles. The van der Waals surface area contributed by atoms with E-state index in [1.165, 1.54) is 13.0 Å². The Morgan fingerprint density at radius 1 is 1.56 bits per heavy atom. The van der Waals surface area contributed by atoms with Crippen molar-refractivity contribution in [2.75, 3.05) is 11.9 Å². The Balaban J connectivity index is 2.27. The van der Waals surface area contributed by atoms with Gasteiger partial charge in [-0.05, 0) is 19.1 Å². The van der Waals surface area contributed by atoms with Crippen molar-refractivity contribution in [3.05, 3.63) is 36.9 Å². The monoisotopic (exact) mass is 246 g/mol. The molecule has 0 fully saturated rings. The second kappa shape index (κ2) is 4.52. The number of ether oxygens (including phenoxy) is 1. The number of hydrogen-bond donors (Lipinski definition) is 2. The van der Waals surface area contributed by atoms with Gasteiger partial charge in [0, 0.05) is 6.54 Å². The Labute approximate surface area is 105 Å². The molecule has 0 radical (unpaired) electrons. The van der Waals surface area contributed by atoms with Gasteiger partial charge in [0.2, 0.25) is 0 Å². The molecule has 2 rings (SSSR count). The van der Waals surface area contributed by atoms with Gasteiger partial charge in [-0.25, -0.2) is 0 Å². The number of para-hydroxylation sites is 2. The molecule has 1 heterocycles. The van der Waals surface area contributed by atoms with E-state index in [0.717, 1.165) is 0 Å². The third-order valence-corrected chi connectivity index (χ3v) is 2.72. The van der Waals surface area contributed by atoms with E-state index in [9.17, 15) is 9.59 Å². The largest absolute Gasteiger partial charge is 0.466 e. The van der Waals surface area contributed by atoms with E-state index in [0.29, 0.717) is 11.4 Å². The quantitative estimate of drug-likeness (QED) is 0.619. The summed E-state index contributed by atoms with van der Waals surface area (Å²) in [5, 5.41) is 5.22. The first-order chi connectivity index (χ1) is 8.58. The highest BCUT2D eigenvalue weighted by molar-refractivity contribution is 6.15. The molecule has 1 aromatic rings. The average molecular weight is 246 g/mol. The van der Waals surface area contributed by atoms with E-state index in [4.69, 9.17) is 4.74 Å². The summed E-state index contributed by atoms with van der Waals surface area (Å²) in [6.07, 6.45) is 1.54. The first-order valence-electron chi connectivity index (χ1n) is 5.56. The van der Waals surface area contributed by atoms with Crippen molar-refractivity contribution in [3.8, 4) is 5.75 Å². The van der Waals surface area contributed by atoms with Crippen LogP contribution in [0.5, 0.6) is 5.75 Å². The number of anilines is 1. The molecule has 0 saturated heterocycles. The highest BCUT2D eigenvalue weighted by Gasteiger charge is 2.46. The van der Waals surface area contributed by atoms with E-state index < -0.39 is 17.4 Å². The van der Waals surface area contributed by atoms with Crippen LogP contribution in [0.25, 0.3) is 0 Å². The van der Waals surface area contributed by atoms with Gasteiger partial charge in [-0.3, -0.25) is 9.59 Å². The highest BCUT2D eigenvalue weighted by atomic mass is 16.5. The standard InChI is InChI=1S/C13H14N2O3/c1-3-8-14-11(16)13(2)12(17)15-9-6-4-5-7-10(9)18-13/h3-7H,1,8H2,2H3,(H,14,16)(H,15,17). The lowest BCUT2D eigenvalue weighted by Crippen LogP contribution is -2.58. The summed E-state index contributed by atoms with van der Waals surface area (Å²) in [7, 11) is 0. The lowest BCUT2D eigenvalue weighted by molar-refractivity contribution is -0.146. The first kappa shape index (κ1) is 12.2. The van der Waals surface area contributed by atoms with Crippen molar-refractivity contribution in [1.29, 1.82) is 0 Å². The molecular weight excluding hydrogens is 232 g/mol. The number of nitrogens with one attached hydrogen (secondary N) is 2. The molecule has 5 heteroatoms. The van der Waals surface area contributed by atoms with Crippen molar-refractivity contribution in [2.45, 2.75) is 12.5 Å². The second-order valence-corrected chi connectivity index (χ2v) is 4.08. The number of carbonyl (C=O) groups is 2. The van der Waals surface area contributed by atoms with Gasteiger partial charge in [0.1, 0.15) is 5.75 Å². The third kappa shape index (κ3) is 1.95. The second-order valence-electron chi connectivity index (χ2n) is 4.08. The fourth-order valence-electron chi connectivity index (χ4n) is 1.65. The Bertz CT molecular complexity index is 513. The van der Waals surface area contributed by atoms with Gasteiger partial charge >= 0.3 is 0 Å². The summed E-state index contributed by atoms with van der Waals surface area (Å²) < 4.78 is 5.53. The Hall–Kier alpha value is -2.30. The summed E-state index contributed by atoms with van der Waals surface area (Å²) in [6, 6.07) is 6.98. The topological polar surface area (TPSA) is 67.4 Å². The zero-order valence-corrected chi connectivity index (χ0v) is 10.0. The molecule has 1 unspecified atom stereocenters. The van der Waals surface area contributed by atoms with Crippen molar-refractivity contribution in [3.63, 3.8) is 0 Å². The summed E-state index contributed by atoms with van der Waals surface area (Å²) in [5.41, 5.74) is -0.992. The SMILES string of the molecule is C=CCNC(=O)C1(C)Oc2ccccc2NC1=O. The molecule has 1 atom stereocenters. The summed E-state index contributed by atoms with van der Waals surface area (Å²) in [4.78, 5) is 23.9. The third-order valence-electron chi connectivity index (χ3n) is 2.72. The smallest absolute Gasteiger partial charge is 0.278 e. The van der Waals surface area contributed by atoms with Crippen LogP contribution in [0.2, 0.25) is 0 Å². The van der Waals surface area contributed by atoms with Crippen LogP contribution < -0.4 is 15.4 Å². The zero-order chi connectivity index (χ0) is 13.2. The predicted octanol–water partition coefficient (Wildman–Crippen LogP) is 1.08. The number of fused-ring (bicyclic) bond motifs is 1. The van der Waals surface area contributed by atoms with Crippen LogP contribution in [0.1, 0.15) is 6.92 Å². The minimum Gasteiger partial charge on any atom is -0.466 e. The molecule has 0 bridgehead atoms. The van der Waals surface area contributed by atoms with Gasteiger partial charge in [-0.15, -0.1) is 6.58 Å². The van der Waals surface area contributed by atoms with Crippen LogP contribution in [-0.4, -0.2) is 24.0 Å². The molecular formula is C13H14N2O3. The fourth-order valence-corrected chi connectivity index (χ4v) is 1.65. The zero-order valence-electron chi connectivity index (χ0n) is 10.0. The van der Waals surface area contributed by atoms with E-state index in [-0.39, 0.29) is 6.54 Å². The van der Waals surface area contributed by atoms with Gasteiger partial charge in [0.05, 0.1) is 5.69 Å². The molecule has 5 nitrogen and oxygen atoms in total. The van der Waals surface area contributed by atoms with Crippen LogP contribution in [0.3, 0.4) is 0 Å². The van der Waals surface area contributed by atoms with Crippen molar-refractivity contribution in [2.24, 2.45) is 0 Å². The molecule has 0 spiro atoms. The van der Waals surface area contributed by atoms with Crippen molar-refractivity contribution in [1.82, 2.24) is 5.32 Å². The maximum atomic E-state index is 12.0. The Morgan fingerprint density at radius 3 is 3.00 bits per heavy atom. The summed E-state index contributed by atoms with van der Waals surface area (Å²) >= 11 is 0. The van der Waals surface area contributed by atoms with Gasteiger partial charge in [-0.1, -0.05) is 18.2 Å². The molecule has 2 amide bonds. The van der Waals surface area contributed by atoms with E-state index in [2.05, 4.69) is 17.2 Å². The van der Waals surface area contributed by atoms with Gasteiger partial charge < -0.3 is 15.4 Å². The minimum absolute atomic E-state index is 0.284. The maximum absolute atomic E-state index is 12.0. The van der Waals surface area contributed by atoms with Gasteiger partial charge in [0.25, 0.3) is 17.4 Å². The molecule has 18 heavy (non-hydrogen) atoms. The van der Waals surface area contributed by atoms with E-state index >= 15 is 0 Å². The van der Waals surface area contributed by atoms with Crippen LogP contribution >= 0.6 is 0 Å². The Kier molecular flexibility index (Phi) is 3.06. The highest BCUT2D eigenvalue weighted by Crippen LogP contribution is 2.33. The number of amides is 2. The molecule has 0 saturated carbocycles. The Morgan fingerprint density at radius 2 is 2.28 bits per heavy atom. The fraction of sp³-hybridized carbons (Fsp3) is 0.231. The lowest BCUT2D eigenvalue weighted by Gasteiger charge is -2.33. The molecule has 0 aliphatic carbocycles. The number of benzene rings is 1. The van der Waals surface area contributed by atoms with E-state index in [1.807, 2.05) is 0 Å². The average Bonchev–Trinajstić information content (AvgIpc) is 2.37. The predicted molar refractivity (Wildman–Crippen MR) is 67.3 cm³/mol. The first-order valence-corrected chi connectivity index (χ1v) is 5.56. The van der Waals surface area contributed by atoms with Crippen LogP contribution in [0, 0.1) is 0 Å². The van der Waals surface area contributed by atoms with Crippen LogP contribution in [0.15, 0.2) is 36.9 Å². The number of hydrogen-bond acceptors (Lipinski definition) is 3. The van der Waals surface area contributed by atoms with Crippen LogP contribution in [0.4, 0.5) is 5.69 Å². The normalized spacial score (nSPS) is 21.3. The summed E-state index contributed by atoms with van der Waals surface area (Å²) in [5.74, 6) is -0.495. The molecule has 1 aromatic carbocycles. The summed E-state index contributed by atoms with van der Waals surface area (Å²) in [6.45, 7) is 5.22. The van der Waals surface area contributed by atoms with Gasteiger partial charge in [-0.2, -0.15) is 0 Å². The van der Waals surface area contributed by atoms with Crippen molar-refractivity contribution < 1.29 is 14.3 Å². The van der Waals surface area contributed by atoms with Crippen LogP contribution in [-0.2, 0) is 9.59 Å². The number of carbonyl (C=O) groups excluding carboxylic acids is 2. The minimum atomic E-state index is -1.56. The van der Waals surface area contributed by atoms with E-state index in [1.54, 1.807) is 24.3 Å². The maximum Gasteiger partial charge on any atom is 0.278 e. The van der Waals surface area contributed by atoms with Gasteiger partial charge in [0.15, 0.2) is 0 Å². The molecule has 2 N–H and O–H groups in total. The van der Waals surface area contributed by atoms with Crippen molar-refractivity contribution >= 4 is 17.5 Å². The molecule has 1 aliphatic rings. The molecule has 0 aromatic heterocycles. The number of rotatable bonds is 3. The lowest BCUT2D eigenvalue weighted by atomic mass is 10.0. The molecule has 94 valence electrons.